The van der Waals surface area contributed by atoms with Gasteiger partial charge in [-0.05, 0) is 23.8 Å². The van der Waals surface area contributed by atoms with Crippen LogP contribution in [-0.2, 0) is 0 Å². The smallest absolute Gasteiger partial charge is 0.258 e. The van der Waals surface area contributed by atoms with Crippen LogP contribution in [-0.4, -0.2) is 17.4 Å². The van der Waals surface area contributed by atoms with Crippen LogP contribution < -0.4 is 0 Å². The van der Waals surface area contributed by atoms with Crippen LogP contribution in [0.25, 0.3) is 0 Å². The molecule has 0 N–H and O–H groups in total. The van der Waals surface area contributed by atoms with Gasteiger partial charge in [-0.25, -0.2) is 0 Å². The van der Waals surface area contributed by atoms with Gasteiger partial charge in [0.2, 0.25) is 0 Å². The molecule has 0 saturated carbocycles. The number of nitro groups is 1. The zero-order valence-corrected chi connectivity index (χ0v) is 9.95. The van der Waals surface area contributed by atoms with Gasteiger partial charge in [-0.3, -0.25) is 10.1 Å². The number of hydrogen-bond donors (Lipinski definition) is 0. The summed E-state index contributed by atoms with van der Waals surface area (Å²) in [5.74, 6) is 2.90. The molecule has 1 aromatic rings. The molecular formula is C10H9NO2S2. The summed E-state index contributed by atoms with van der Waals surface area (Å²) < 4.78 is 0. The third-order valence-electron chi connectivity index (χ3n) is 1.68. The van der Waals surface area contributed by atoms with Gasteiger partial charge in [0.1, 0.15) is 0 Å². The average molecular weight is 239 g/mol. The Morgan fingerprint density at radius 3 is 2.67 bits per heavy atom. The average Bonchev–Trinajstić information content (AvgIpc) is 2.25. The molecule has 15 heavy (non-hydrogen) atoms. The molecule has 0 aliphatic carbocycles. The molecule has 1 rings (SSSR count). The van der Waals surface area contributed by atoms with Crippen molar-refractivity contribution in [1.29, 1.82) is 0 Å². The van der Waals surface area contributed by atoms with Crippen molar-refractivity contribution in [2.75, 3.05) is 12.5 Å². The van der Waals surface area contributed by atoms with Gasteiger partial charge < -0.3 is 0 Å². The van der Waals surface area contributed by atoms with E-state index in [1.165, 1.54) is 35.7 Å². The van der Waals surface area contributed by atoms with Gasteiger partial charge in [0.25, 0.3) is 5.69 Å². The van der Waals surface area contributed by atoms with E-state index in [4.69, 9.17) is 0 Å². The highest BCUT2D eigenvalue weighted by atomic mass is 32.2. The van der Waals surface area contributed by atoms with E-state index < -0.39 is 4.92 Å². The minimum absolute atomic E-state index is 0.0817. The fourth-order valence-electron chi connectivity index (χ4n) is 1.01. The van der Waals surface area contributed by atoms with Crippen molar-refractivity contribution in [2.24, 2.45) is 0 Å². The molecule has 0 aromatic heterocycles. The molecule has 0 fully saturated rings. The first kappa shape index (κ1) is 12.0. The second kappa shape index (κ2) is 5.69. The monoisotopic (exact) mass is 239 g/mol. The van der Waals surface area contributed by atoms with Crippen molar-refractivity contribution in [3.8, 4) is 11.2 Å². The van der Waals surface area contributed by atoms with Gasteiger partial charge in [0.05, 0.1) is 4.92 Å². The van der Waals surface area contributed by atoms with Crippen molar-refractivity contribution < 1.29 is 4.92 Å². The second-order valence-electron chi connectivity index (χ2n) is 2.57. The molecule has 0 saturated heterocycles. The Kier molecular flexibility index (Phi) is 4.53. The minimum Gasteiger partial charge on any atom is -0.258 e. The number of thioether (sulfide) groups is 2. The first-order valence-electron chi connectivity index (χ1n) is 4.05. The van der Waals surface area contributed by atoms with Gasteiger partial charge in [0, 0.05) is 22.6 Å². The van der Waals surface area contributed by atoms with Gasteiger partial charge in [-0.15, -0.1) is 11.8 Å². The first-order valence-corrected chi connectivity index (χ1v) is 6.50. The number of nitrogens with zero attached hydrogens (tertiary/aromatic N) is 1. The third kappa shape index (κ3) is 3.18. The maximum Gasteiger partial charge on any atom is 0.270 e. The van der Waals surface area contributed by atoms with Crippen molar-refractivity contribution in [1.82, 2.24) is 0 Å². The molecule has 0 atom stereocenters. The van der Waals surface area contributed by atoms with Gasteiger partial charge >= 0.3 is 0 Å². The maximum atomic E-state index is 10.6. The van der Waals surface area contributed by atoms with Crippen LogP contribution in [0.5, 0.6) is 0 Å². The minimum atomic E-state index is -0.408. The third-order valence-corrected chi connectivity index (χ3v) is 2.78. The van der Waals surface area contributed by atoms with E-state index in [0.717, 1.165) is 4.90 Å². The molecule has 0 aliphatic rings. The molecule has 78 valence electrons. The van der Waals surface area contributed by atoms with E-state index in [-0.39, 0.29) is 5.69 Å². The van der Waals surface area contributed by atoms with Crippen LogP contribution in [0.15, 0.2) is 23.1 Å². The predicted molar refractivity (Wildman–Crippen MR) is 65.3 cm³/mol. The topological polar surface area (TPSA) is 43.1 Å². The zero-order chi connectivity index (χ0) is 11.3. The van der Waals surface area contributed by atoms with Crippen LogP contribution in [0.1, 0.15) is 5.56 Å². The van der Waals surface area contributed by atoms with Gasteiger partial charge in [-0.1, -0.05) is 17.7 Å². The lowest BCUT2D eigenvalue weighted by Crippen LogP contribution is -1.89. The van der Waals surface area contributed by atoms with E-state index in [2.05, 4.69) is 11.2 Å². The molecule has 0 amide bonds. The highest BCUT2D eigenvalue weighted by Gasteiger charge is 2.08. The summed E-state index contributed by atoms with van der Waals surface area (Å²) >= 11 is 2.92. The highest BCUT2D eigenvalue weighted by molar-refractivity contribution is 8.03. The normalized spacial score (nSPS) is 9.20. The van der Waals surface area contributed by atoms with E-state index in [0.29, 0.717) is 5.56 Å². The largest absolute Gasteiger partial charge is 0.270 e. The lowest BCUT2D eigenvalue weighted by molar-refractivity contribution is -0.384. The van der Waals surface area contributed by atoms with Gasteiger partial charge in [0.15, 0.2) is 0 Å². The summed E-state index contributed by atoms with van der Waals surface area (Å²) in [7, 11) is 0. The van der Waals surface area contributed by atoms with E-state index in [9.17, 15) is 10.1 Å². The van der Waals surface area contributed by atoms with Crippen molar-refractivity contribution >= 4 is 29.2 Å². The predicted octanol–water partition coefficient (Wildman–Crippen LogP) is 2.99. The Hall–Kier alpha value is -1.12. The lowest BCUT2D eigenvalue weighted by Gasteiger charge is -1.99. The molecule has 1 aromatic carbocycles. The van der Waals surface area contributed by atoms with Crippen LogP contribution in [0.3, 0.4) is 0 Å². The summed E-state index contributed by atoms with van der Waals surface area (Å²) in [6.45, 7) is 0. The molecule has 0 bridgehead atoms. The van der Waals surface area contributed by atoms with E-state index >= 15 is 0 Å². The van der Waals surface area contributed by atoms with Gasteiger partial charge in [-0.2, -0.15) is 0 Å². The number of non-ortho nitro benzene ring substituents is 1. The summed E-state index contributed by atoms with van der Waals surface area (Å²) in [5.41, 5.74) is 0.796. The van der Waals surface area contributed by atoms with Crippen LogP contribution in [0.2, 0.25) is 0 Å². The van der Waals surface area contributed by atoms with Crippen LogP contribution in [0, 0.1) is 21.3 Å². The van der Waals surface area contributed by atoms with Crippen LogP contribution >= 0.6 is 23.5 Å². The molecular weight excluding hydrogens is 230 g/mol. The SMILES string of the molecule is CSC#Cc1cc([N+](=O)[O-])ccc1SC. The Morgan fingerprint density at radius 1 is 1.40 bits per heavy atom. The Morgan fingerprint density at radius 2 is 2.13 bits per heavy atom. The fraction of sp³-hybridized carbons (Fsp3) is 0.200. The Labute approximate surface area is 96.8 Å². The fourth-order valence-corrected chi connectivity index (χ4v) is 1.76. The number of nitro benzene ring substituents is 1. The van der Waals surface area contributed by atoms with Crippen molar-refractivity contribution in [3.63, 3.8) is 0 Å². The molecule has 3 nitrogen and oxygen atoms in total. The summed E-state index contributed by atoms with van der Waals surface area (Å²) in [6.07, 6.45) is 3.79. The van der Waals surface area contributed by atoms with Crippen molar-refractivity contribution in [2.45, 2.75) is 4.90 Å². The molecule has 5 heteroatoms. The summed E-state index contributed by atoms with van der Waals surface area (Å²) in [4.78, 5) is 11.1. The quantitative estimate of drug-likeness (QED) is 0.344. The first-order chi connectivity index (χ1) is 7.19. The van der Waals surface area contributed by atoms with Crippen molar-refractivity contribution in [3.05, 3.63) is 33.9 Å². The molecule has 0 unspecified atom stereocenters. The molecule has 0 radical (unpaired) electrons. The van der Waals surface area contributed by atoms with E-state index in [1.54, 1.807) is 6.07 Å². The lowest BCUT2D eigenvalue weighted by atomic mass is 10.2. The highest BCUT2D eigenvalue weighted by Crippen LogP contribution is 2.24. The standard InChI is InChI=1S/C10H9NO2S2/c1-14-6-5-8-7-9(11(12)13)3-4-10(8)15-2/h3-4,7H,1-2H3. The molecule has 0 heterocycles. The summed E-state index contributed by atoms with van der Waals surface area (Å²) in [6, 6.07) is 4.73. The second-order valence-corrected chi connectivity index (χ2v) is 4.03. The Bertz CT molecular complexity index is 435. The van der Waals surface area contributed by atoms with Crippen LogP contribution in [0.4, 0.5) is 5.69 Å². The van der Waals surface area contributed by atoms with E-state index in [1.807, 2.05) is 12.5 Å². The summed E-state index contributed by atoms with van der Waals surface area (Å²) in [5, 5.41) is 13.4. The Balaban J connectivity index is 3.19. The molecule has 0 spiro atoms. The number of hydrogen-bond acceptors (Lipinski definition) is 4. The number of rotatable bonds is 2. The number of benzene rings is 1. The maximum absolute atomic E-state index is 10.6. The molecule has 0 aliphatic heterocycles. The zero-order valence-electron chi connectivity index (χ0n) is 8.31.